The molecule has 1 nitrogen and oxygen atoms in total. The Labute approximate surface area is 105 Å². The first-order valence-electron chi connectivity index (χ1n) is 4.90. The maximum atomic E-state index is 5.95. The van der Waals surface area contributed by atoms with E-state index in [1.54, 1.807) is 0 Å². The lowest BCUT2D eigenvalue weighted by atomic mass is 10.0. The summed E-state index contributed by atoms with van der Waals surface area (Å²) in [5, 5.41) is 4.11. The third kappa shape index (κ3) is 3.33. The van der Waals surface area contributed by atoms with Gasteiger partial charge in [0.05, 0.1) is 11.1 Å². The van der Waals surface area contributed by atoms with Crippen LogP contribution in [0.15, 0.2) is 34.8 Å². The molecular weight excluding hydrogens is 273 g/mol. The van der Waals surface area contributed by atoms with Crippen LogP contribution in [-0.2, 0) is 0 Å². The fourth-order valence-electron chi connectivity index (χ4n) is 1.47. The normalized spacial score (nSPS) is 12.5. The standard InChI is InChI=1S/C12H15BrClN/c1-4-15-12(8(2)3)9-5-6-11(14)10(13)7-9/h5-7,12,15H,2,4H2,1,3H3. The molecule has 1 aromatic rings. The minimum absolute atomic E-state index is 0.198. The number of likely N-dealkylation sites (N-methyl/N-ethyl adjacent to an activating group) is 1. The third-order valence-corrected chi connectivity index (χ3v) is 3.39. The molecule has 0 aliphatic carbocycles. The number of rotatable bonds is 4. The van der Waals surface area contributed by atoms with Crippen molar-refractivity contribution in [2.75, 3.05) is 6.54 Å². The summed E-state index contributed by atoms with van der Waals surface area (Å²) in [5.74, 6) is 0. The Balaban J connectivity index is 3.01. The van der Waals surface area contributed by atoms with Crippen LogP contribution in [0.2, 0.25) is 5.02 Å². The molecule has 0 fully saturated rings. The van der Waals surface area contributed by atoms with Crippen molar-refractivity contribution in [3.63, 3.8) is 0 Å². The van der Waals surface area contributed by atoms with Crippen molar-refractivity contribution in [3.8, 4) is 0 Å². The summed E-state index contributed by atoms with van der Waals surface area (Å²) in [7, 11) is 0. The molecule has 3 heteroatoms. The van der Waals surface area contributed by atoms with Gasteiger partial charge in [-0.1, -0.05) is 36.7 Å². The largest absolute Gasteiger partial charge is 0.307 e. The van der Waals surface area contributed by atoms with E-state index in [0.29, 0.717) is 0 Å². The molecule has 0 spiro atoms. The Morgan fingerprint density at radius 3 is 2.73 bits per heavy atom. The molecule has 0 saturated carbocycles. The monoisotopic (exact) mass is 287 g/mol. The lowest BCUT2D eigenvalue weighted by molar-refractivity contribution is 0.621. The third-order valence-electron chi connectivity index (χ3n) is 2.18. The van der Waals surface area contributed by atoms with Gasteiger partial charge in [-0.3, -0.25) is 0 Å². The first kappa shape index (κ1) is 12.8. The van der Waals surface area contributed by atoms with Crippen LogP contribution in [-0.4, -0.2) is 6.54 Å². The summed E-state index contributed by atoms with van der Waals surface area (Å²) in [6.45, 7) is 9.01. The number of benzene rings is 1. The molecule has 0 saturated heterocycles. The predicted octanol–water partition coefficient (Wildman–Crippen LogP) is 4.33. The Kier molecular flexibility index (Phi) is 4.84. The topological polar surface area (TPSA) is 12.0 Å². The second kappa shape index (κ2) is 5.69. The van der Waals surface area contributed by atoms with Gasteiger partial charge < -0.3 is 5.32 Å². The van der Waals surface area contributed by atoms with E-state index >= 15 is 0 Å². The number of halogens is 2. The van der Waals surface area contributed by atoms with E-state index in [0.717, 1.165) is 21.6 Å². The summed E-state index contributed by atoms with van der Waals surface area (Å²) in [4.78, 5) is 0. The van der Waals surface area contributed by atoms with Crippen molar-refractivity contribution in [1.82, 2.24) is 5.32 Å². The van der Waals surface area contributed by atoms with E-state index in [1.165, 1.54) is 5.56 Å². The summed E-state index contributed by atoms with van der Waals surface area (Å²) in [6, 6.07) is 6.15. The van der Waals surface area contributed by atoms with Gasteiger partial charge in [0.2, 0.25) is 0 Å². The molecule has 1 N–H and O–H groups in total. The lowest BCUT2D eigenvalue weighted by Gasteiger charge is -2.18. The summed E-state index contributed by atoms with van der Waals surface area (Å²) < 4.78 is 0.922. The van der Waals surface area contributed by atoms with E-state index in [2.05, 4.69) is 34.7 Å². The molecule has 82 valence electrons. The molecule has 0 amide bonds. The highest BCUT2D eigenvalue weighted by atomic mass is 79.9. The predicted molar refractivity (Wildman–Crippen MR) is 70.4 cm³/mol. The molecule has 1 atom stereocenters. The maximum Gasteiger partial charge on any atom is 0.0548 e. The zero-order valence-electron chi connectivity index (χ0n) is 8.98. The van der Waals surface area contributed by atoms with E-state index in [9.17, 15) is 0 Å². The van der Waals surface area contributed by atoms with Gasteiger partial charge in [0, 0.05) is 4.47 Å². The molecule has 1 aromatic carbocycles. The van der Waals surface area contributed by atoms with Crippen LogP contribution >= 0.6 is 27.5 Å². The van der Waals surface area contributed by atoms with Crippen molar-refractivity contribution in [2.45, 2.75) is 19.9 Å². The van der Waals surface area contributed by atoms with Gasteiger partial charge in [0.25, 0.3) is 0 Å². The second-order valence-corrected chi connectivity index (χ2v) is 4.77. The van der Waals surface area contributed by atoms with Crippen LogP contribution in [0, 0.1) is 0 Å². The minimum Gasteiger partial charge on any atom is -0.307 e. The summed E-state index contributed by atoms with van der Waals surface area (Å²) >= 11 is 9.38. The second-order valence-electron chi connectivity index (χ2n) is 3.51. The Bertz CT molecular complexity index is 363. The highest BCUT2D eigenvalue weighted by molar-refractivity contribution is 9.10. The maximum absolute atomic E-state index is 5.95. The van der Waals surface area contributed by atoms with Crippen molar-refractivity contribution in [1.29, 1.82) is 0 Å². The molecule has 0 heterocycles. The van der Waals surface area contributed by atoms with Gasteiger partial charge in [0.1, 0.15) is 0 Å². The van der Waals surface area contributed by atoms with Crippen molar-refractivity contribution in [2.24, 2.45) is 0 Å². The zero-order valence-corrected chi connectivity index (χ0v) is 11.3. The van der Waals surface area contributed by atoms with E-state index in [1.807, 2.05) is 25.1 Å². The Morgan fingerprint density at radius 2 is 2.27 bits per heavy atom. The molecular formula is C12H15BrClN. The molecule has 1 unspecified atom stereocenters. The number of hydrogen-bond donors (Lipinski definition) is 1. The van der Waals surface area contributed by atoms with Crippen LogP contribution in [0.25, 0.3) is 0 Å². The fourth-order valence-corrected chi connectivity index (χ4v) is 1.99. The Morgan fingerprint density at radius 1 is 1.60 bits per heavy atom. The molecule has 0 aliphatic rings. The van der Waals surface area contributed by atoms with E-state index in [4.69, 9.17) is 11.6 Å². The van der Waals surface area contributed by atoms with Crippen LogP contribution in [0.5, 0.6) is 0 Å². The molecule has 0 radical (unpaired) electrons. The lowest BCUT2D eigenvalue weighted by Crippen LogP contribution is -2.21. The summed E-state index contributed by atoms with van der Waals surface area (Å²) in [6.07, 6.45) is 0. The highest BCUT2D eigenvalue weighted by Gasteiger charge is 2.11. The molecule has 15 heavy (non-hydrogen) atoms. The van der Waals surface area contributed by atoms with Crippen molar-refractivity contribution >= 4 is 27.5 Å². The first-order valence-corrected chi connectivity index (χ1v) is 6.07. The zero-order chi connectivity index (χ0) is 11.4. The van der Waals surface area contributed by atoms with Gasteiger partial charge >= 0.3 is 0 Å². The van der Waals surface area contributed by atoms with Crippen LogP contribution in [0.1, 0.15) is 25.5 Å². The van der Waals surface area contributed by atoms with Gasteiger partial charge in [-0.15, -0.1) is 0 Å². The van der Waals surface area contributed by atoms with Crippen molar-refractivity contribution < 1.29 is 0 Å². The number of hydrogen-bond acceptors (Lipinski definition) is 1. The van der Waals surface area contributed by atoms with Crippen LogP contribution < -0.4 is 5.32 Å². The van der Waals surface area contributed by atoms with Crippen LogP contribution in [0.3, 0.4) is 0 Å². The van der Waals surface area contributed by atoms with Gasteiger partial charge in [-0.2, -0.15) is 0 Å². The summed E-state index contributed by atoms with van der Waals surface area (Å²) in [5.41, 5.74) is 2.28. The smallest absolute Gasteiger partial charge is 0.0548 e. The minimum atomic E-state index is 0.198. The van der Waals surface area contributed by atoms with Crippen molar-refractivity contribution in [3.05, 3.63) is 45.4 Å². The van der Waals surface area contributed by atoms with Crippen LogP contribution in [0.4, 0.5) is 0 Å². The quantitative estimate of drug-likeness (QED) is 0.813. The first-order chi connectivity index (χ1) is 7.06. The average Bonchev–Trinajstić information content (AvgIpc) is 2.18. The van der Waals surface area contributed by atoms with Gasteiger partial charge in [0.15, 0.2) is 0 Å². The molecule has 0 bridgehead atoms. The van der Waals surface area contributed by atoms with Gasteiger partial charge in [-0.25, -0.2) is 0 Å². The van der Waals surface area contributed by atoms with E-state index in [-0.39, 0.29) is 6.04 Å². The highest BCUT2D eigenvalue weighted by Crippen LogP contribution is 2.28. The average molecular weight is 289 g/mol. The SMILES string of the molecule is C=C(C)C(NCC)c1ccc(Cl)c(Br)c1. The number of nitrogens with one attached hydrogen (secondary N) is 1. The molecule has 1 rings (SSSR count). The molecule has 0 aliphatic heterocycles. The molecule has 0 aromatic heterocycles. The fraction of sp³-hybridized carbons (Fsp3) is 0.333. The van der Waals surface area contributed by atoms with E-state index < -0.39 is 0 Å². The Hall–Kier alpha value is -0.310. The van der Waals surface area contributed by atoms with Gasteiger partial charge in [-0.05, 0) is 47.1 Å².